The molecule has 730 valence electrons. The van der Waals surface area contributed by atoms with E-state index in [0.29, 0.717) is 228 Å². The molecule has 4 aliphatic carbocycles. The summed E-state index contributed by atoms with van der Waals surface area (Å²) in [6.07, 6.45) is 14.6. The lowest BCUT2D eigenvalue weighted by Crippen LogP contribution is -2.13. The van der Waals surface area contributed by atoms with Crippen molar-refractivity contribution in [3.63, 3.8) is 0 Å². The van der Waals surface area contributed by atoms with Gasteiger partial charge >= 0.3 is 0 Å². The zero-order chi connectivity index (χ0) is 95.7. The molecule has 0 saturated heterocycles. The summed E-state index contributed by atoms with van der Waals surface area (Å²) in [5.41, 5.74) is 25.6. The van der Waals surface area contributed by atoms with Crippen molar-refractivity contribution in [1.29, 1.82) is 0 Å². The molecule has 12 aromatic carbocycles. The standard InChI is InChI=1S/C116H122O24/c1-117-93-45-69-33-79-55-105-95(119-3)47-71(79)37-83-59-109-97(121-5)49-73(83)35-81(69)57-103(93)129-21-23-133-107-61-85-39-75-51-99(123-7)111(135-27-25-131-105)63-87(75)43-91-65-113(115(139-31-29-137-109)67-89(91)41-77(85)53-101(107)125-9)127-19-17-15-13-11-12-14-16-18-20-128-114-66-92-44-88-64-112-100(124-8)52-76(88)40-86-62-108-102(126-10)54-78(86)42-90(92)68-116(114)140-32-30-138-110-60-84-38-72-48-96(120-4)106(132-26-28-136-112)56-80(72)34-70-46-94(118-2)104(130-22-24-134-108)58-82(70)36-74(84)50-98(110)122-6/h45-68H,11-44H2,1-10H3. The van der Waals surface area contributed by atoms with E-state index in [1.54, 1.807) is 71.1 Å². The molecule has 24 heterocycles. The minimum absolute atomic E-state index is 0.204. The van der Waals surface area contributed by atoms with Crippen molar-refractivity contribution in [2.45, 2.75) is 128 Å². The van der Waals surface area contributed by atoms with Crippen molar-refractivity contribution >= 4 is 0 Å². The van der Waals surface area contributed by atoms with Crippen LogP contribution in [-0.2, 0) is 77.0 Å². The second-order valence-corrected chi connectivity index (χ2v) is 36.7. The van der Waals surface area contributed by atoms with E-state index in [0.717, 1.165) is 185 Å². The fourth-order valence-corrected chi connectivity index (χ4v) is 20.8. The molecule has 24 heteroatoms. The molecular formula is C116H122O24. The molecule has 36 bridgehead atoms. The normalized spacial score (nSPS) is 14.8. The fourth-order valence-electron chi connectivity index (χ4n) is 20.8. The average Bonchev–Trinajstić information content (AvgIpc) is 1.64. The molecule has 0 N–H and O–H groups in total. The first-order valence-corrected chi connectivity index (χ1v) is 48.9. The highest BCUT2D eigenvalue weighted by atomic mass is 16.6. The third-order valence-electron chi connectivity index (χ3n) is 28.1. The number of methoxy groups -OCH3 is 10. The Bertz CT molecular complexity index is 6180. The topological polar surface area (TPSA) is 222 Å². The summed E-state index contributed by atoms with van der Waals surface area (Å²) in [6.45, 7) is 3.54. The predicted octanol–water partition coefficient (Wildman–Crippen LogP) is 20.7. The van der Waals surface area contributed by atoms with Gasteiger partial charge in [-0.15, -0.1) is 0 Å². The van der Waals surface area contributed by atoms with Gasteiger partial charge in [-0.25, -0.2) is 0 Å². The van der Waals surface area contributed by atoms with E-state index < -0.39 is 0 Å². The highest BCUT2D eigenvalue weighted by Gasteiger charge is 2.32. The van der Waals surface area contributed by atoms with Gasteiger partial charge in [0.05, 0.1) is 84.3 Å². The molecule has 0 amide bonds. The fraction of sp³-hybridized carbons (Fsp3) is 0.379. The van der Waals surface area contributed by atoms with Gasteiger partial charge in [-0.05, 0) is 369 Å². The lowest BCUT2D eigenvalue weighted by atomic mass is 9.94. The molecule has 28 aliphatic rings. The van der Waals surface area contributed by atoms with E-state index in [9.17, 15) is 0 Å². The second-order valence-electron chi connectivity index (χ2n) is 36.7. The number of unbranched alkanes of at least 4 members (excludes halogenated alkanes) is 7. The van der Waals surface area contributed by atoms with Gasteiger partial charge in [-0.1, -0.05) is 38.5 Å². The summed E-state index contributed by atoms with van der Waals surface area (Å²) in [5, 5.41) is 0. The quantitative estimate of drug-likeness (QED) is 0.0543. The van der Waals surface area contributed by atoms with Crippen molar-refractivity contribution in [1.82, 2.24) is 0 Å². The second kappa shape index (κ2) is 42.7. The SMILES string of the molecule is COc1cc2c3cc1OCCOc1cc4c(cc1OC)Cc1cc5c(OC)cc1Cc1cc(c(OCCCCCCCCCCOc6cc7c8cc6OCCOc6cc9c(cc6OC)Cc6cc%10c(OC)cc6Cc6cc(c(OC)cc6C9)OCCOc6cc(c(cc6OC)Cc6cc(c(OC)cc6C8)OCCO%10)C7)cc1C4)OCCOc1cc(c(cc1OC)Cc1cc(c(OC)cc1C3)OCCO5)C2. The van der Waals surface area contributed by atoms with Crippen LogP contribution < -0.4 is 114 Å². The van der Waals surface area contributed by atoms with Crippen LogP contribution in [0.5, 0.6) is 138 Å². The van der Waals surface area contributed by atoms with Crippen LogP contribution in [-0.4, -0.2) is 164 Å². The van der Waals surface area contributed by atoms with E-state index in [2.05, 4.69) is 146 Å². The van der Waals surface area contributed by atoms with Crippen LogP contribution in [0.15, 0.2) is 146 Å². The van der Waals surface area contributed by atoms with Gasteiger partial charge < -0.3 is 114 Å². The van der Waals surface area contributed by atoms with E-state index >= 15 is 0 Å². The largest absolute Gasteiger partial charge is 0.493 e. The highest BCUT2D eigenvalue weighted by molar-refractivity contribution is 5.66. The minimum atomic E-state index is 0.204. The molecule has 0 aromatic heterocycles. The Morgan fingerprint density at radius 1 is 0.136 bits per heavy atom. The lowest BCUT2D eigenvalue weighted by molar-refractivity contribution is 0.201. The van der Waals surface area contributed by atoms with Crippen LogP contribution in [0.2, 0.25) is 0 Å². The summed E-state index contributed by atoms with van der Waals surface area (Å²) >= 11 is 0. The number of hydrogen-bond acceptors (Lipinski definition) is 24. The van der Waals surface area contributed by atoms with Gasteiger partial charge in [0.25, 0.3) is 0 Å². The first-order chi connectivity index (χ1) is 68.8. The monoisotopic (exact) mass is 1900 g/mol. The molecular weight excluding hydrogens is 1780 g/mol. The first-order valence-electron chi connectivity index (χ1n) is 48.9. The Morgan fingerprint density at radius 2 is 0.236 bits per heavy atom. The van der Waals surface area contributed by atoms with Crippen LogP contribution in [0.4, 0.5) is 0 Å². The molecule has 0 unspecified atom stereocenters. The molecule has 40 rings (SSSR count). The molecule has 140 heavy (non-hydrogen) atoms. The molecule has 0 fully saturated rings. The summed E-state index contributed by atoms with van der Waals surface area (Å²) in [7, 11) is 16.8. The number of rotatable bonds is 23. The van der Waals surface area contributed by atoms with Crippen molar-refractivity contribution in [2.24, 2.45) is 0 Å². The summed E-state index contributed by atoms with van der Waals surface area (Å²) in [6, 6.07) is 50.8. The molecule has 0 atom stereocenters. The smallest absolute Gasteiger partial charge is 0.161 e. The Hall–Kier alpha value is -14.2. The average molecular weight is 1900 g/mol. The van der Waals surface area contributed by atoms with Gasteiger partial charge in [0, 0.05) is 0 Å². The van der Waals surface area contributed by atoms with Crippen LogP contribution >= 0.6 is 0 Å². The van der Waals surface area contributed by atoms with E-state index in [1.807, 2.05) is 0 Å². The van der Waals surface area contributed by atoms with Crippen molar-refractivity contribution in [3.05, 3.63) is 279 Å². The van der Waals surface area contributed by atoms with Gasteiger partial charge in [0.15, 0.2) is 138 Å². The van der Waals surface area contributed by atoms with Gasteiger partial charge in [0.1, 0.15) is 79.3 Å². The molecule has 24 nitrogen and oxygen atoms in total. The van der Waals surface area contributed by atoms with E-state index in [4.69, 9.17) is 114 Å². The molecule has 24 aliphatic heterocycles. The molecule has 0 saturated carbocycles. The van der Waals surface area contributed by atoms with Gasteiger partial charge in [0.2, 0.25) is 0 Å². The summed E-state index contributed by atoms with van der Waals surface area (Å²) in [5.74, 6) is 14.7. The van der Waals surface area contributed by atoms with Crippen molar-refractivity contribution in [2.75, 3.05) is 164 Å². The van der Waals surface area contributed by atoms with Gasteiger partial charge in [-0.3, -0.25) is 0 Å². The first kappa shape index (κ1) is 93.5. The predicted molar refractivity (Wildman–Crippen MR) is 530 cm³/mol. The van der Waals surface area contributed by atoms with E-state index in [1.165, 1.54) is 0 Å². The highest BCUT2D eigenvalue weighted by Crippen LogP contribution is 2.50. The zero-order valence-electron chi connectivity index (χ0n) is 81.7. The number of ether oxygens (including phenoxy) is 24. The maximum atomic E-state index is 6.99. The van der Waals surface area contributed by atoms with Gasteiger partial charge in [-0.2, -0.15) is 0 Å². The summed E-state index contributed by atoms with van der Waals surface area (Å²) in [4.78, 5) is 0. The van der Waals surface area contributed by atoms with Crippen molar-refractivity contribution < 1.29 is 114 Å². The van der Waals surface area contributed by atoms with Crippen LogP contribution in [0.25, 0.3) is 0 Å². The zero-order valence-corrected chi connectivity index (χ0v) is 81.7. The number of hydrogen-bond donors (Lipinski definition) is 0. The van der Waals surface area contributed by atoms with Crippen LogP contribution in [0.3, 0.4) is 0 Å². The maximum absolute atomic E-state index is 6.99. The Kier molecular flexibility index (Phi) is 28.5. The molecule has 0 radical (unpaired) electrons. The maximum Gasteiger partial charge on any atom is 0.161 e. The molecule has 0 spiro atoms. The minimum Gasteiger partial charge on any atom is -0.493 e. The Labute approximate surface area is 818 Å². The third kappa shape index (κ3) is 20.4. The Balaban J connectivity index is 0.553. The van der Waals surface area contributed by atoms with E-state index in [-0.39, 0.29) is 79.3 Å². The third-order valence-corrected chi connectivity index (χ3v) is 28.1. The number of benzene rings is 12. The molecule has 12 aromatic rings. The van der Waals surface area contributed by atoms with Crippen molar-refractivity contribution in [3.8, 4) is 138 Å². The summed E-state index contributed by atoms with van der Waals surface area (Å²) < 4.78 is 157. The Morgan fingerprint density at radius 3 is 0.357 bits per heavy atom. The van der Waals surface area contributed by atoms with Crippen LogP contribution in [0.1, 0.15) is 185 Å². The van der Waals surface area contributed by atoms with Crippen LogP contribution in [0, 0.1) is 0 Å². The lowest BCUT2D eigenvalue weighted by Gasteiger charge is -2.20.